The lowest BCUT2D eigenvalue weighted by molar-refractivity contribution is 0.0963. The van der Waals surface area contributed by atoms with Crippen molar-refractivity contribution in [1.29, 1.82) is 0 Å². The van der Waals surface area contributed by atoms with Gasteiger partial charge in [-0.15, -0.1) is 0 Å². The topological polar surface area (TPSA) is 32.3 Å². The van der Waals surface area contributed by atoms with Crippen LogP contribution in [0.1, 0.15) is 34.8 Å². The Morgan fingerprint density at radius 1 is 1.26 bits per heavy atom. The monoisotopic (exact) mass is 258 g/mol. The number of nitrogens with zero attached hydrogens (tertiary/aromatic N) is 1. The molecule has 0 spiro atoms. The summed E-state index contributed by atoms with van der Waals surface area (Å²) in [4.78, 5) is 14.1. The number of rotatable bonds is 2. The standard InChI is InChI=1S/C16H22N2O/c1-11-7-13(9-14(8-11)16(19)17-3)15-10-18(4)6-5-12(15)2/h7-9H,5-6,10H2,1-4H3,(H,17,19). The van der Waals surface area contributed by atoms with Gasteiger partial charge in [-0.05, 0) is 56.1 Å². The number of benzene rings is 1. The van der Waals surface area contributed by atoms with Gasteiger partial charge in [0.15, 0.2) is 0 Å². The lowest BCUT2D eigenvalue weighted by Gasteiger charge is -2.27. The van der Waals surface area contributed by atoms with Crippen LogP contribution < -0.4 is 5.32 Å². The number of likely N-dealkylation sites (N-methyl/N-ethyl adjacent to an activating group) is 1. The summed E-state index contributed by atoms with van der Waals surface area (Å²) in [5.41, 5.74) is 5.85. The van der Waals surface area contributed by atoms with Crippen LogP contribution in [0.5, 0.6) is 0 Å². The Hall–Kier alpha value is -1.61. The molecule has 3 heteroatoms. The van der Waals surface area contributed by atoms with Crippen molar-refractivity contribution in [1.82, 2.24) is 10.2 Å². The first-order chi connectivity index (χ1) is 9.01. The fraction of sp³-hybridized carbons (Fsp3) is 0.438. The molecule has 3 nitrogen and oxygen atoms in total. The van der Waals surface area contributed by atoms with Crippen LogP contribution in [-0.4, -0.2) is 38.0 Å². The lowest BCUT2D eigenvalue weighted by atomic mass is 9.92. The van der Waals surface area contributed by atoms with Gasteiger partial charge in [-0.25, -0.2) is 0 Å². The second-order valence-electron chi connectivity index (χ2n) is 5.41. The minimum Gasteiger partial charge on any atom is -0.355 e. The first kappa shape index (κ1) is 13.8. The third-order valence-corrected chi connectivity index (χ3v) is 3.73. The van der Waals surface area contributed by atoms with E-state index in [1.807, 2.05) is 19.1 Å². The Labute approximate surface area is 115 Å². The second-order valence-corrected chi connectivity index (χ2v) is 5.41. The van der Waals surface area contributed by atoms with Gasteiger partial charge in [0.25, 0.3) is 5.91 Å². The van der Waals surface area contributed by atoms with Crippen LogP contribution in [0.4, 0.5) is 0 Å². The minimum absolute atomic E-state index is 0.0210. The fourth-order valence-corrected chi connectivity index (χ4v) is 2.56. The van der Waals surface area contributed by atoms with E-state index in [0.29, 0.717) is 0 Å². The molecule has 0 aliphatic carbocycles. The second kappa shape index (κ2) is 5.57. The minimum atomic E-state index is -0.0210. The van der Waals surface area contributed by atoms with Crippen LogP contribution in [0.2, 0.25) is 0 Å². The fourth-order valence-electron chi connectivity index (χ4n) is 2.56. The number of nitrogens with one attached hydrogen (secondary N) is 1. The number of hydrogen-bond acceptors (Lipinski definition) is 2. The third-order valence-electron chi connectivity index (χ3n) is 3.73. The lowest BCUT2D eigenvalue weighted by Crippen LogP contribution is -2.27. The molecule has 0 unspecified atom stereocenters. The third kappa shape index (κ3) is 3.04. The maximum absolute atomic E-state index is 11.8. The maximum Gasteiger partial charge on any atom is 0.251 e. The van der Waals surface area contributed by atoms with Crippen molar-refractivity contribution in [3.63, 3.8) is 0 Å². The summed E-state index contributed by atoms with van der Waals surface area (Å²) in [5, 5.41) is 2.69. The SMILES string of the molecule is CNC(=O)c1cc(C)cc(C2=C(C)CCN(C)C2)c1. The molecular formula is C16H22N2O. The van der Waals surface area contributed by atoms with E-state index in [2.05, 4.69) is 30.3 Å². The van der Waals surface area contributed by atoms with Crippen molar-refractivity contribution in [2.75, 3.05) is 27.2 Å². The van der Waals surface area contributed by atoms with E-state index in [1.165, 1.54) is 16.7 Å². The van der Waals surface area contributed by atoms with Gasteiger partial charge in [0.1, 0.15) is 0 Å². The predicted molar refractivity (Wildman–Crippen MR) is 79.3 cm³/mol. The Kier molecular flexibility index (Phi) is 4.05. The molecule has 2 rings (SSSR count). The summed E-state index contributed by atoms with van der Waals surface area (Å²) >= 11 is 0. The molecule has 1 aliphatic rings. The van der Waals surface area contributed by atoms with Crippen molar-refractivity contribution in [3.8, 4) is 0 Å². The van der Waals surface area contributed by atoms with Crippen molar-refractivity contribution >= 4 is 11.5 Å². The Bertz CT molecular complexity index is 532. The largest absolute Gasteiger partial charge is 0.355 e. The summed E-state index contributed by atoms with van der Waals surface area (Å²) in [5.74, 6) is -0.0210. The molecule has 1 aromatic carbocycles. The van der Waals surface area contributed by atoms with E-state index >= 15 is 0 Å². The molecule has 1 aromatic rings. The smallest absolute Gasteiger partial charge is 0.251 e. The molecule has 1 N–H and O–H groups in total. The Morgan fingerprint density at radius 2 is 2.00 bits per heavy atom. The van der Waals surface area contributed by atoms with Gasteiger partial charge < -0.3 is 10.2 Å². The maximum atomic E-state index is 11.8. The van der Waals surface area contributed by atoms with Crippen LogP contribution in [0.25, 0.3) is 5.57 Å². The zero-order chi connectivity index (χ0) is 14.0. The average Bonchev–Trinajstić information content (AvgIpc) is 2.39. The van der Waals surface area contributed by atoms with Gasteiger partial charge in [-0.3, -0.25) is 4.79 Å². The van der Waals surface area contributed by atoms with Crippen LogP contribution in [0, 0.1) is 6.92 Å². The molecule has 0 saturated carbocycles. The average molecular weight is 258 g/mol. The predicted octanol–water partition coefficient (Wildman–Crippen LogP) is 2.46. The first-order valence-electron chi connectivity index (χ1n) is 6.72. The number of aryl methyl sites for hydroxylation is 1. The van der Waals surface area contributed by atoms with E-state index in [9.17, 15) is 4.79 Å². The molecule has 0 bridgehead atoms. The number of hydrogen-bond donors (Lipinski definition) is 1. The highest BCUT2D eigenvalue weighted by Crippen LogP contribution is 2.27. The molecular weight excluding hydrogens is 236 g/mol. The van der Waals surface area contributed by atoms with Crippen LogP contribution in [0.15, 0.2) is 23.8 Å². The quantitative estimate of drug-likeness (QED) is 0.884. The van der Waals surface area contributed by atoms with Crippen LogP contribution >= 0.6 is 0 Å². The van der Waals surface area contributed by atoms with Crippen molar-refractivity contribution in [3.05, 3.63) is 40.5 Å². The van der Waals surface area contributed by atoms with Gasteiger partial charge >= 0.3 is 0 Å². The van der Waals surface area contributed by atoms with E-state index in [-0.39, 0.29) is 5.91 Å². The van der Waals surface area contributed by atoms with E-state index in [4.69, 9.17) is 0 Å². The Balaban J connectivity index is 2.45. The summed E-state index contributed by atoms with van der Waals surface area (Å²) in [6.07, 6.45) is 1.11. The zero-order valence-electron chi connectivity index (χ0n) is 12.2. The van der Waals surface area contributed by atoms with E-state index in [0.717, 1.165) is 30.6 Å². The Morgan fingerprint density at radius 3 is 2.68 bits per heavy atom. The summed E-state index contributed by atoms with van der Waals surface area (Å²) < 4.78 is 0. The number of carbonyl (C=O) groups is 1. The molecule has 0 fully saturated rings. The summed E-state index contributed by atoms with van der Waals surface area (Å²) in [7, 11) is 3.81. The summed E-state index contributed by atoms with van der Waals surface area (Å²) in [6, 6.07) is 6.11. The molecule has 1 amide bonds. The summed E-state index contributed by atoms with van der Waals surface area (Å²) in [6.45, 7) is 6.31. The zero-order valence-corrected chi connectivity index (χ0v) is 12.2. The molecule has 0 aromatic heterocycles. The molecule has 102 valence electrons. The number of carbonyl (C=O) groups excluding carboxylic acids is 1. The van der Waals surface area contributed by atoms with Gasteiger partial charge in [-0.2, -0.15) is 0 Å². The van der Waals surface area contributed by atoms with Crippen LogP contribution in [0.3, 0.4) is 0 Å². The number of amides is 1. The highest BCUT2D eigenvalue weighted by molar-refractivity contribution is 5.95. The molecule has 0 saturated heterocycles. The molecule has 1 aliphatic heterocycles. The highest BCUT2D eigenvalue weighted by Gasteiger charge is 2.16. The van der Waals surface area contributed by atoms with E-state index < -0.39 is 0 Å². The normalized spacial score (nSPS) is 16.6. The first-order valence-corrected chi connectivity index (χ1v) is 6.72. The highest BCUT2D eigenvalue weighted by atomic mass is 16.1. The molecule has 19 heavy (non-hydrogen) atoms. The van der Waals surface area contributed by atoms with Crippen LogP contribution in [-0.2, 0) is 0 Å². The molecule has 1 heterocycles. The van der Waals surface area contributed by atoms with Gasteiger partial charge in [-0.1, -0.05) is 11.6 Å². The molecule has 0 atom stereocenters. The van der Waals surface area contributed by atoms with Crippen molar-refractivity contribution in [2.45, 2.75) is 20.3 Å². The van der Waals surface area contributed by atoms with Crippen molar-refractivity contribution < 1.29 is 4.79 Å². The van der Waals surface area contributed by atoms with Gasteiger partial charge in [0, 0.05) is 25.7 Å². The van der Waals surface area contributed by atoms with Crippen molar-refractivity contribution in [2.24, 2.45) is 0 Å². The van der Waals surface area contributed by atoms with E-state index in [1.54, 1.807) is 7.05 Å². The van der Waals surface area contributed by atoms with Gasteiger partial charge in [0.2, 0.25) is 0 Å². The van der Waals surface area contributed by atoms with Gasteiger partial charge in [0.05, 0.1) is 0 Å². The molecule has 0 radical (unpaired) electrons.